The van der Waals surface area contributed by atoms with Gasteiger partial charge in [0.1, 0.15) is 0 Å². The van der Waals surface area contributed by atoms with Crippen molar-refractivity contribution >= 4 is 11.6 Å². The molecule has 1 aromatic heterocycles. The zero-order chi connectivity index (χ0) is 19.6. The molecule has 1 fully saturated rings. The fourth-order valence-electron chi connectivity index (χ4n) is 4.09. The second-order valence-electron chi connectivity index (χ2n) is 8.72. The number of hydrazone groups is 1. The zero-order valence-electron chi connectivity index (χ0n) is 17.2. The minimum absolute atomic E-state index is 0.129. The number of carbonyl (C=O) groups is 1. The average Bonchev–Trinajstić information content (AvgIpc) is 2.94. The molecule has 27 heavy (non-hydrogen) atoms. The molecule has 0 aliphatic heterocycles. The number of benzene rings is 1. The molecule has 4 nitrogen and oxygen atoms in total. The van der Waals surface area contributed by atoms with E-state index in [2.05, 4.69) is 48.0 Å². The molecule has 4 heteroatoms. The number of carbonyl (C=O) groups excluding carboxylic acids is 1. The molecule has 144 valence electrons. The zero-order valence-corrected chi connectivity index (χ0v) is 17.2. The van der Waals surface area contributed by atoms with Crippen LogP contribution in [0.5, 0.6) is 0 Å². The number of nitrogens with zero attached hydrogens (tertiary/aromatic N) is 2. The molecule has 1 amide bonds. The Bertz CT molecular complexity index is 830. The highest BCUT2D eigenvalue weighted by atomic mass is 16.2. The van der Waals surface area contributed by atoms with Crippen LogP contribution in [0.15, 0.2) is 41.5 Å². The number of rotatable bonds is 3. The Labute approximate surface area is 162 Å². The minimum Gasteiger partial charge on any atom is -0.318 e. The Morgan fingerprint density at radius 3 is 2.33 bits per heavy atom. The Hall–Kier alpha value is -2.36. The van der Waals surface area contributed by atoms with Gasteiger partial charge in [0.25, 0.3) is 5.91 Å². The summed E-state index contributed by atoms with van der Waals surface area (Å²) in [6.45, 7) is 10.9. The number of para-hydroxylation sites is 1. The molecule has 0 radical (unpaired) electrons. The van der Waals surface area contributed by atoms with Crippen LogP contribution in [0.2, 0.25) is 0 Å². The van der Waals surface area contributed by atoms with Gasteiger partial charge in [0.2, 0.25) is 0 Å². The molecule has 0 bridgehead atoms. The summed E-state index contributed by atoms with van der Waals surface area (Å²) in [5, 5.41) is 4.44. The van der Waals surface area contributed by atoms with Gasteiger partial charge in [0.05, 0.1) is 5.56 Å². The maximum absolute atomic E-state index is 12.7. The van der Waals surface area contributed by atoms with E-state index in [1.165, 1.54) is 0 Å². The van der Waals surface area contributed by atoms with Gasteiger partial charge in [0.15, 0.2) is 0 Å². The van der Waals surface area contributed by atoms with Gasteiger partial charge in [-0.05, 0) is 69.1 Å². The van der Waals surface area contributed by atoms with Gasteiger partial charge in [-0.2, -0.15) is 5.10 Å². The van der Waals surface area contributed by atoms with Crippen molar-refractivity contribution in [1.82, 2.24) is 9.99 Å². The second kappa shape index (κ2) is 7.71. The number of aryl methyl sites for hydroxylation is 1. The van der Waals surface area contributed by atoms with Crippen LogP contribution in [0.4, 0.5) is 0 Å². The smallest absolute Gasteiger partial charge is 0.273 e. The van der Waals surface area contributed by atoms with E-state index in [9.17, 15) is 4.79 Å². The van der Waals surface area contributed by atoms with Gasteiger partial charge in [-0.15, -0.1) is 0 Å². The summed E-state index contributed by atoms with van der Waals surface area (Å²) in [5.41, 5.74) is 7.99. The monoisotopic (exact) mass is 365 g/mol. The first-order valence-electron chi connectivity index (χ1n) is 9.87. The van der Waals surface area contributed by atoms with Crippen LogP contribution < -0.4 is 5.43 Å². The SMILES string of the molecule is Cc1cc(C(=O)NN=C2CCC(C(C)(C)C)CC2)c(C)n1-c1ccccc1. The normalized spacial score (nSPS) is 17.7. The molecule has 3 rings (SSSR count). The van der Waals surface area contributed by atoms with E-state index in [1.807, 2.05) is 38.1 Å². The van der Waals surface area contributed by atoms with Crippen molar-refractivity contribution in [2.75, 3.05) is 0 Å². The highest BCUT2D eigenvalue weighted by molar-refractivity contribution is 5.97. The van der Waals surface area contributed by atoms with Gasteiger partial charge < -0.3 is 4.57 Å². The maximum Gasteiger partial charge on any atom is 0.273 e. The van der Waals surface area contributed by atoms with Crippen molar-refractivity contribution in [3.05, 3.63) is 53.3 Å². The van der Waals surface area contributed by atoms with E-state index in [-0.39, 0.29) is 5.91 Å². The van der Waals surface area contributed by atoms with Gasteiger partial charge in [0, 0.05) is 22.8 Å². The summed E-state index contributed by atoms with van der Waals surface area (Å²) in [6, 6.07) is 12.1. The predicted molar refractivity (Wildman–Crippen MR) is 112 cm³/mol. The maximum atomic E-state index is 12.7. The van der Waals surface area contributed by atoms with E-state index in [0.29, 0.717) is 11.0 Å². The summed E-state index contributed by atoms with van der Waals surface area (Å²) in [7, 11) is 0. The summed E-state index contributed by atoms with van der Waals surface area (Å²) in [5.74, 6) is 0.604. The van der Waals surface area contributed by atoms with Crippen molar-refractivity contribution in [2.45, 2.75) is 60.3 Å². The third-order valence-corrected chi connectivity index (χ3v) is 5.79. The lowest BCUT2D eigenvalue weighted by molar-refractivity contribution is 0.0953. The molecule has 0 atom stereocenters. The molecular formula is C23H31N3O. The van der Waals surface area contributed by atoms with Crippen LogP contribution in [0.1, 0.15) is 68.2 Å². The number of hydrogen-bond acceptors (Lipinski definition) is 2. The third-order valence-electron chi connectivity index (χ3n) is 5.79. The van der Waals surface area contributed by atoms with E-state index >= 15 is 0 Å². The van der Waals surface area contributed by atoms with Crippen molar-refractivity contribution in [3.8, 4) is 5.69 Å². The first-order valence-corrected chi connectivity index (χ1v) is 9.87. The highest BCUT2D eigenvalue weighted by Crippen LogP contribution is 2.36. The molecule has 0 spiro atoms. The number of nitrogens with one attached hydrogen (secondary N) is 1. The fourth-order valence-corrected chi connectivity index (χ4v) is 4.09. The van der Waals surface area contributed by atoms with Crippen LogP contribution in [0.25, 0.3) is 5.69 Å². The Morgan fingerprint density at radius 2 is 1.74 bits per heavy atom. The van der Waals surface area contributed by atoms with E-state index in [1.54, 1.807) is 0 Å². The predicted octanol–water partition coefficient (Wildman–Crippen LogP) is 5.42. The number of amides is 1. The lowest BCUT2D eigenvalue weighted by atomic mass is 9.72. The third kappa shape index (κ3) is 4.32. The summed E-state index contributed by atoms with van der Waals surface area (Å²) >= 11 is 0. The first-order chi connectivity index (χ1) is 12.8. The molecule has 0 saturated heterocycles. The van der Waals surface area contributed by atoms with Crippen LogP contribution in [-0.4, -0.2) is 16.2 Å². The van der Waals surface area contributed by atoms with Crippen LogP contribution in [0.3, 0.4) is 0 Å². The highest BCUT2D eigenvalue weighted by Gasteiger charge is 2.28. The Morgan fingerprint density at radius 1 is 1.11 bits per heavy atom. The second-order valence-corrected chi connectivity index (χ2v) is 8.72. The van der Waals surface area contributed by atoms with Gasteiger partial charge in [-0.1, -0.05) is 39.0 Å². The van der Waals surface area contributed by atoms with Crippen LogP contribution >= 0.6 is 0 Å². The largest absolute Gasteiger partial charge is 0.318 e. The topological polar surface area (TPSA) is 46.4 Å². The summed E-state index contributed by atoms with van der Waals surface area (Å²) in [6.07, 6.45) is 4.26. The molecule has 2 aromatic rings. The number of aromatic nitrogens is 1. The van der Waals surface area contributed by atoms with Crippen molar-refractivity contribution < 1.29 is 4.79 Å². The number of hydrogen-bond donors (Lipinski definition) is 1. The van der Waals surface area contributed by atoms with Gasteiger partial charge in [-0.25, -0.2) is 5.43 Å². The lowest BCUT2D eigenvalue weighted by Crippen LogP contribution is -2.27. The van der Waals surface area contributed by atoms with Crippen LogP contribution in [0, 0.1) is 25.2 Å². The quantitative estimate of drug-likeness (QED) is 0.726. The van der Waals surface area contributed by atoms with Crippen molar-refractivity contribution in [1.29, 1.82) is 0 Å². The van der Waals surface area contributed by atoms with E-state index < -0.39 is 0 Å². The van der Waals surface area contributed by atoms with Gasteiger partial charge >= 0.3 is 0 Å². The first kappa shape index (κ1) is 19.4. The molecule has 1 N–H and O–H groups in total. The summed E-state index contributed by atoms with van der Waals surface area (Å²) in [4.78, 5) is 12.7. The molecule has 1 heterocycles. The van der Waals surface area contributed by atoms with Crippen LogP contribution in [-0.2, 0) is 0 Å². The molecular weight excluding hydrogens is 334 g/mol. The molecule has 0 unspecified atom stereocenters. The van der Waals surface area contributed by atoms with E-state index in [0.717, 1.165) is 54.4 Å². The fraction of sp³-hybridized carbons (Fsp3) is 0.478. The van der Waals surface area contributed by atoms with Gasteiger partial charge in [-0.3, -0.25) is 4.79 Å². The average molecular weight is 366 g/mol. The Balaban J connectivity index is 1.69. The van der Waals surface area contributed by atoms with E-state index in [4.69, 9.17) is 0 Å². The molecule has 1 aromatic carbocycles. The minimum atomic E-state index is -0.129. The Kier molecular flexibility index (Phi) is 5.54. The standard InChI is InChI=1S/C23H31N3O/c1-16-15-21(17(2)26(16)20-9-7-6-8-10-20)22(27)25-24-19-13-11-18(12-14-19)23(3,4)5/h6-10,15,18H,11-14H2,1-5H3,(H,25,27). The van der Waals surface area contributed by atoms with Crippen molar-refractivity contribution in [2.24, 2.45) is 16.4 Å². The summed E-state index contributed by atoms with van der Waals surface area (Å²) < 4.78 is 2.11. The van der Waals surface area contributed by atoms with Crippen molar-refractivity contribution in [3.63, 3.8) is 0 Å². The molecule has 1 aliphatic rings. The molecule has 1 saturated carbocycles. The molecule has 1 aliphatic carbocycles. The lowest BCUT2D eigenvalue weighted by Gasteiger charge is -2.34.